The Morgan fingerprint density at radius 3 is 2.59 bits per heavy atom. The van der Waals surface area contributed by atoms with E-state index in [9.17, 15) is 8.42 Å². The Labute approximate surface area is 155 Å². The highest BCUT2D eigenvalue weighted by molar-refractivity contribution is 7.89. The molecule has 0 atom stereocenters. The number of fused-ring (bicyclic) bond motifs is 1. The first-order valence-corrected chi connectivity index (χ1v) is 9.51. The molecule has 4 rings (SSSR count). The van der Waals surface area contributed by atoms with Gasteiger partial charge in [0.15, 0.2) is 5.65 Å². The first kappa shape index (κ1) is 17.1. The molecule has 0 unspecified atom stereocenters. The average molecular weight is 381 g/mol. The number of hydrogen-bond acceptors (Lipinski definition) is 7. The fraction of sp³-hybridized carbons (Fsp3) is 0.0588. The second-order valence-electron chi connectivity index (χ2n) is 5.83. The molecule has 0 saturated heterocycles. The first-order chi connectivity index (χ1) is 13.0. The van der Waals surface area contributed by atoms with E-state index in [0.717, 1.165) is 10.9 Å². The maximum Gasteiger partial charge on any atom is 0.238 e. The molecule has 1 aromatic carbocycles. The van der Waals surface area contributed by atoms with Crippen molar-refractivity contribution in [3.05, 3.63) is 66.7 Å². The van der Waals surface area contributed by atoms with E-state index in [2.05, 4.69) is 25.4 Å². The minimum absolute atomic E-state index is 0.0407. The summed E-state index contributed by atoms with van der Waals surface area (Å²) >= 11 is 0. The van der Waals surface area contributed by atoms with E-state index in [-0.39, 0.29) is 4.90 Å². The van der Waals surface area contributed by atoms with Gasteiger partial charge in [0, 0.05) is 24.3 Å². The van der Waals surface area contributed by atoms with Crippen LogP contribution in [0.3, 0.4) is 0 Å². The van der Waals surface area contributed by atoms with Gasteiger partial charge in [-0.25, -0.2) is 23.2 Å². The molecule has 10 heteroatoms. The van der Waals surface area contributed by atoms with Crippen LogP contribution in [0, 0.1) is 0 Å². The lowest BCUT2D eigenvalue weighted by molar-refractivity contribution is 0.598. The van der Waals surface area contributed by atoms with Crippen molar-refractivity contribution >= 4 is 32.7 Å². The summed E-state index contributed by atoms with van der Waals surface area (Å²) in [5.74, 6) is 0.374. The smallest absolute Gasteiger partial charge is 0.238 e. The van der Waals surface area contributed by atoms with Crippen LogP contribution in [-0.2, 0) is 16.6 Å². The van der Waals surface area contributed by atoms with Crippen LogP contribution in [0.5, 0.6) is 0 Å². The molecule has 3 N–H and O–H groups in total. The third kappa shape index (κ3) is 3.76. The molecule has 3 aromatic heterocycles. The van der Waals surface area contributed by atoms with Crippen LogP contribution in [-0.4, -0.2) is 33.2 Å². The Hall–Kier alpha value is -3.37. The summed E-state index contributed by atoms with van der Waals surface area (Å²) in [4.78, 5) is 12.9. The standard InChI is InChI=1S/C17H15N7O2S/c18-27(25,26)15-5-3-14(4-6-15)22-17-20-9-13-10-21-24(16(13)23-17)11-12-2-1-7-19-8-12/h1-10H,11H2,(H2,18,25,26)(H,20,22,23). The van der Waals surface area contributed by atoms with Crippen molar-refractivity contribution in [3.63, 3.8) is 0 Å². The van der Waals surface area contributed by atoms with E-state index in [4.69, 9.17) is 5.14 Å². The van der Waals surface area contributed by atoms with Gasteiger partial charge >= 0.3 is 0 Å². The Balaban J connectivity index is 1.60. The molecule has 0 fully saturated rings. The third-order valence-corrected chi connectivity index (χ3v) is 4.80. The highest BCUT2D eigenvalue weighted by Gasteiger charge is 2.09. The number of nitrogens with zero attached hydrogens (tertiary/aromatic N) is 5. The molecule has 9 nitrogen and oxygen atoms in total. The number of hydrogen-bond donors (Lipinski definition) is 2. The Kier molecular flexibility index (Phi) is 4.26. The normalized spacial score (nSPS) is 11.6. The van der Waals surface area contributed by atoms with Crippen molar-refractivity contribution in [2.75, 3.05) is 5.32 Å². The molecule has 0 aliphatic heterocycles. The van der Waals surface area contributed by atoms with Gasteiger partial charge in [-0.05, 0) is 35.9 Å². The van der Waals surface area contributed by atoms with E-state index < -0.39 is 10.0 Å². The maximum absolute atomic E-state index is 11.3. The summed E-state index contributed by atoms with van der Waals surface area (Å²) < 4.78 is 24.4. The SMILES string of the molecule is NS(=O)(=O)c1ccc(Nc2ncc3cnn(Cc4cccnc4)c3n2)cc1. The monoisotopic (exact) mass is 381 g/mol. The Morgan fingerprint density at radius 1 is 1.07 bits per heavy atom. The van der Waals surface area contributed by atoms with Crippen molar-refractivity contribution in [3.8, 4) is 0 Å². The number of benzene rings is 1. The van der Waals surface area contributed by atoms with Crippen molar-refractivity contribution in [1.82, 2.24) is 24.7 Å². The van der Waals surface area contributed by atoms with Gasteiger partial charge in [0.05, 0.1) is 23.0 Å². The molecule has 0 amide bonds. The van der Waals surface area contributed by atoms with Crippen molar-refractivity contribution < 1.29 is 8.42 Å². The summed E-state index contributed by atoms with van der Waals surface area (Å²) in [6.45, 7) is 0.539. The number of pyridine rings is 1. The van der Waals surface area contributed by atoms with E-state index in [1.54, 1.807) is 41.6 Å². The minimum atomic E-state index is -3.72. The van der Waals surface area contributed by atoms with Gasteiger partial charge in [-0.3, -0.25) is 4.98 Å². The molecule has 0 radical (unpaired) electrons. The average Bonchev–Trinajstić information content (AvgIpc) is 3.04. The first-order valence-electron chi connectivity index (χ1n) is 7.96. The van der Waals surface area contributed by atoms with Gasteiger partial charge in [0.1, 0.15) is 0 Å². The number of anilines is 2. The number of sulfonamides is 1. The number of nitrogens with one attached hydrogen (secondary N) is 1. The molecule has 0 aliphatic carbocycles. The third-order valence-electron chi connectivity index (χ3n) is 3.87. The molecule has 27 heavy (non-hydrogen) atoms. The molecule has 136 valence electrons. The topological polar surface area (TPSA) is 129 Å². The summed E-state index contributed by atoms with van der Waals surface area (Å²) in [5.41, 5.74) is 2.33. The van der Waals surface area contributed by atoms with Gasteiger partial charge < -0.3 is 5.32 Å². The van der Waals surface area contributed by atoms with E-state index in [1.807, 2.05) is 12.1 Å². The number of rotatable bonds is 5. The molecule has 0 aliphatic rings. The minimum Gasteiger partial charge on any atom is -0.324 e. The predicted molar refractivity (Wildman–Crippen MR) is 99.8 cm³/mol. The van der Waals surface area contributed by atoms with Crippen LogP contribution < -0.4 is 10.5 Å². The van der Waals surface area contributed by atoms with Crippen LogP contribution in [0.1, 0.15) is 5.56 Å². The number of aromatic nitrogens is 5. The van der Waals surface area contributed by atoms with Crippen molar-refractivity contribution in [2.45, 2.75) is 11.4 Å². The summed E-state index contributed by atoms with van der Waals surface area (Å²) in [6, 6.07) is 9.87. The lowest BCUT2D eigenvalue weighted by Gasteiger charge is -2.07. The van der Waals surface area contributed by atoms with Gasteiger partial charge in [0.25, 0.3) is 0 Å². The molecule has 0 spiro atoms. The van der Waals surface area contributed by atoms with Crippen molar-refractivity contribution in [1.29, 1.82) is 0 Å². The molecule has 3 heterocycles. The summed E-state index contributed by atoms with van der Waals surface area (Å²) in [5, 5.41) is 13.3. The second kappa shape index (κ2) is 6.74. The van der Waals surface area contributed by atoms with Gasteiger partial charge in [-0.15, -0.1) is 0 Å². The zero-order valence-corrected chi connectivity index (χ0v) is 14.8. The second-order valence-corrected chi connectivity index (χ2v) is 7.39. The maximum atomic E-state index is 11.3. The van der Waals surface area contributed by atoms with Crippen LogP contribution in [0.25, 0.3) is 11.0 Å². The Morgan fingerprint density at radius 2 is 1.89 bits per heavy atom. The molecule has 0 bridgehead atoms. The van der Waals surface area contributed by atoms with Gasteiger partial charge in [0.2, 0.25) is 16.0 Å². The van der Waals surface area contributed by atoms with Gasteiger partial charge in [-0.2, -0.15) is 10.1 Å². The highest BCUT2D eigenvalue weighted by atomic mass is 32.2. The fourth-order valence-electron chi connectivity index (χ4n) is 2.56. The predicted octanol–water partition coefficient (Wildman–Crippen LogP) is 1.66. The zero-order chi connectivity index (χ0) is 18.9. The Bertz CT molecular complexity index is 1190. The zero-order valence-electron chi connectivity index (χ0n) is 14.0. The lowest BCUT2D eigenvalue weighted by atomic mass is 10.3. The van der Waals surface area contributed by atoms with Crippen LogP contribution in [0.4, 0.5) is 11.6 Å². The summed E-state index contributed by atoms with van der Waals surface area (Å²) in [7, 11) is -3.72. The number of nitrogens with two attached hydrogens (primary N) is 1. The van der Waals surface area contributed by atoms with E-state index >= 15 is 0 Å². The van der Waals surface area contributed by atoms with Crippen molar-refractivity contribution in [2.24, 2.45) is 5.14 Å². The van der Waals surface area contributed by atoms with E-state index in [1.165, 1.54) is 12.1 Å². The largest absolute Gasteiger partial charge is 0.324 e. The molecule has 4 aromatic rings. The van der Waals surface area contributed by atoms with Crippen LogP contribution in [0.15, 0.2) is 66.1 Å². The molecular formula is C17H15N7O2S. The lowest BCUT2D eigenvalue weighted by Crippen LogP contribution is -2.11. The highest BCUT2D eigenvalue weighted by Crippen LogP contribution is 2.18. The van der Waals surface area contributed by atoms with Crippen LogP contribution in [0.2, 0.25) is 0 Å². The fourth-order valence-corrected chi connectivity index (χ4v) is 3.08. The van der Waals surface area contributed by atoms with Gasteiger partial charge in [-0.1, -0.05) is 6.07 Å². The van der Waals surface area contributed by atoms with Crippen LogP contribution >= 0.6 is 0 Å². The summed E-state index contributed by atoms with van der Waals surface area (Å²) in [6.07, 6.45) is 6.88. The number of primary sulfonamides is 1. The van der Waals surface area contributed by atoms with E-state index in [0.29, 0.717) is 23.8 Å². The molecule has 0 saturated carbocycles. The molecular weight excluding hydrogens is 366 g/mol. The quantitative estimate of drug-likeness (QED) is 0.538.